The molecule has 1 aromatic heterocycles. The second kappa shape index (κ2) is 9.22. The molecule has 2 aromatic rings. The highest BCUT2D eigenvalue weighted by atomic mass is 35.5. The Bertz CT molecular complexity index is 671. The van der Waals surface area contributed by atoms with Crippen LogP contribution in [-0.4, -0.2) is 36.2 Å². The molecule has 1 aliphatic heterocycles. The summed E-state index contributed by atoms with van der Waals surface area (Å²) in [7, 11) is 0. The van der Waals surface area contributed by atoms with Gasteiger partial charge in [0.2, 0.25) is 0 Å². The van der Waals surface area contributed by atoms with Crippen LogP contribution in [0.2, 0.25) is 5.02 Å². The van der Waals surface area contributed by atoms with Gasteiger partial charge in [0.1, 0.15) is 5.76 Å². The molecule has 0 unspecified atom stereocenters. The first-order valence-electron chi connectivity index (χ1n) is 8.89. The van der Waals surface area contributed by atoms with Crippen LogP contribution in [-0.2, 0) is 6.54 Å². The molecule has 0 bridgehead atoms. The second-order valence-corrected chi connectivity index (χ2v) is 7.27. The van der Waals surface area contributed by atoms with Crippen LogP contribution in [0.3, 0.4) is 0 Å². The smallest absolute Gasteiger partial charge is 0.174 e. The van der Waals surface area contributed by atoms with E-state index in [1.165, 1.54) is 32.4 Å². The third-order valence-corrected chi connectivity index (χ3v) is 5.32. The van der Waals surface area contributed by atoms with E-state index < -0.39 is 0 Å². The van der Waals surface area contributed by atoms with Gasteiger partial charge in [-0.05, 0) is 55.7 Å². The van der Waals surface area contributed by atoms with Crippen molar-refractivity contribution in [2.45, 2.75) is 25.8 Å². The zero-order valence-electron chi connectivity index (χ0n) is 14.3. The highest BCUT2D eigenvalue weighted by Crippen LogP contribution is 2.21. The number of quaternary nitrogens is 1. The number of rotatable bonds is 6. The van der Waals surface area contributed by atoms with Gasteiger partial charge in [0, 0.05) is 0 Å². The molecule has 0 spiro atoms. The minimum absolute atomic E-state index is 0.663. The zero-order valence-corrected chi connectivity index (χ0v) is 15.9. The van der Waals surface area contributed by atoms with Gasteiger partial charge < -0.3 is 19.5 Å². The number of furan rings is 1. The summed E-state index contributed by atoms with van der Waals surface area (Å²) in [5.74, 6) is 0.914. The van der Waals surface area contributed by atoms with E-state index in [0.29, 0.717) is 16.7 Å². The molecule has 0 radical (unpaired) electrons. The fourth-order valence-electron chi connectivity index (χ4n) is 3.19. The molecule has 0 amide bonds. The Labute approximate surface area is 159 Å². The summed E-state index contributed by atoms with van der Waals surface area (Å²) < 4.78 is 5.52. The fourth-order valence-corrected chi connectivity index (χ4v) is 3.64. The maximum Gasteiger partial charge on any atom is 0.174 e. The lowest BCUT2D eigenvalue weighted by Crippen LogP contribution is -3.13. The summed E-state index contributed by atoms with van der Waals surface area (Å²) in [5.41, 5.74) is 0.837. The van der Waals surface area contributed by atoms with Gasteiger partial charge in [0.15, 0.2) is 5.11 Å². The van der Waals surface area contributed by atoms with Crippen molar-refractivity contribution in [2.24, 2.45) is 0 Å². The minimum atomic E-state index is 0.663. The summed E-state index contributed by atoms with van der Waals surface area (Å²) in [5, 5.41) is 4.64. The standard InChI is InChI=1S/C19H24ClN3OS/c20-17-8-2-3-9-18(17)21-19(25)23(15-16-7-6-14-24-16)13-12-22-10-4-1-5-11-22/h2-3,6-9,14H,1,4-5,10-13,15H2,(H,21,25)/p+1. The normalized spacial score (nSPS) is 15.1. The van der Waals surface area contributed by atoms with Crippen molar-refractivity contribution in [1.82, 2.24) is 4.90 Å². The molecule has 1 aromatic carbocycles. The summed E-state index contributed by atoms with van der Waals surface area (Å²) in [6, 6.07) is 11.6. The number of thiocarbonyl (C=S) groups is 1. The van der Waals surface area contributed by atoms with Gasteiger partial charge in [-0.2, -0.15) is 0 Å². The van der Waals surface area contributed by atoms with Gasteiger partial charge in [-0.15, -0.1) is 0 Å². The Kier molecular flexibility index (Phi) is 6.73. The number of hydrogen-bond donors (Lipinski definition) is 2. The molecule has 134 valence electrons. The van der Waals surface area contributed by atoms with E-state index in [2.05, 4.69) is 10.2 Å². The first kappa shape index (κ1) is 18.2. The van der Waals surface area contributed by atoms with E-state index in [4.69, 9.17) is 28.2 Å². The van der Waals surface area contributed by atoms with Gasteiger partial charge in [0.25, 0.3) is 0 Å². The molecule has 6 heteroatoms. The fraction of sp³-hybridized carbons (Fsp3) is 0.421. The topological polar surface area (TPSA) is 32.9 Å². The van der Waals surface area contributed by atoms with Crippen molar-refractivity contribution in [3.8, 4) is 0 Å². The number of nitrogens with zero attached hydrogens (tertiary/aromatic N) is 1. The Balaban J connectivity index is 1.64. The minimum Gasteiger partial charge on any atom is -0.467 e. The molecule has 0 atom stereocenters. The predicted molar refractivity (Wildman–Crippen MR) is 106 cm³/mol. The van der Waals surface area contributed by atoms with Crippen LogP contribution in [0.5, 0.6) is 0 Å². The van der Waals surface area contributed by atoms with Crippen molar-refractivity contribution in [3.05, 3.63) is 53.4 Å². The molecule has 2 heterocycles. The summed E-state index contributed by atoms with van der Waals surface area (Å²) >= 11 is 11.9. The number of nitrogens with one attached hydrogen (secondary N) is 2. The molecule has 3 rings (SSSR count). The molecule has 4 nitrogen and oxygen atoms in total. The molecule has 1 fully saturated rings. The monoisotopic (exact) mass is 378 g/mol. The van der Waals surface area contributed by atoms with Crippen LogP contribution in [0.1, 0.15) is 25.0 Å². The first-order valence-corrected chi connectivity index (χ1v) is 9.67. The summed E-state index contributed by atoms with van der Waals surface area (Å²) in [6.07, 6.45) is 5.73. The van der Waals surface area contributed by atoms with E-state index in [-0.39, 0.29) is 0 Å². The molecular formula is C19H25ClN3OS+. The lowest BCUT2D eigenvalue weighted by atomic mass is 10.1. The van der Waals surface area contributed by atoms with E-state index in [0.717, 1.165) is 24.5 Å². The lowest BCUT2D eigenvalue weighted by molar-refractivity contribution is -0.904. The van der Waals surface area contributed by atoms with Crippen LogP contribution >= 0.6 is 23.8 Å². The van der Waals surface area contributed by atoms with E-state index in [9.17, 15) is 0 Å². The van der Waals surface area contributed by atoms with Gasteiger partial charge in [0.05, 0.1) is 49.7 Å². The predicted octanol–water partition coefficient (Wildman–Crippen LogP) is 3.20. The molecule has 0 saturated carbocycles. The SMILES string of the molecule is S=C(Nc1ccccc1Cl)N(CC[NH+]1CCCCC1)Cc1ccco1. The Hall–Kier alpha value is -1.56. The van der Waals surface area contributed by atoms with Gasteiger partial charge in [-0.3, -0.25) is 0 Å². The molecule has 1 aliphatic rings. The third kappa shape index (κ3) is 5.46. The highest BCUT2D eigenvalue weighted by Gasteiger charge is 2.18. The van der Waals surface area contributed by atoms with Crippen LogP contribution in [0.4, 0.5) is 5.69 Å². The van der Waals surface area contributed by atoms with Crippen molar-refractivity contribution in [3.63, 3.8) is 0 Å². The summed E-state index contributed by atoms with van der Waals surface area (Å²) in [4.78, 5) is 3.83. The maximum atomic E-state index is 6.25. The van der Waals surface area contributed by atoms with Crippen molar-refractivity contribution < 1.29 is 9.32 Å². The Morgan fingerprint density at radius 2 is 1.96 bits per heavy atom. The van der Waals surface area contributed by atoms with Crippen molar-refractivity contribution in [2.75, 3.05) is 31.5 Å². The zero-order chi connectivity index (χ0) is 17.5. The molecule has 25 heavy (non-hydrogen) atoms. The van der Waals surface area contributed by atoms with Crippen LogP contribution in [0.15, 0.2) is 47.1 Å². The number of halogens is 1. The Morgan fingerprint density at radius 3 is 2.68 bits per heavy atom. The quantitative estimate of drug-likeness (QED) is 0.756. The average Bonchev–Trinajstić information content (AvgIpc) is 3.14. The van der Waals surface area contributed by atoms with Crippen molar-refractivity contribution >= 4 is 34.6 Å². The van der Waals surface area contributed by atoms with Crippen molar-refractivity contribution in [1.29, 1.82) is 0 Å². The average molecular weight is 379 g/mol. The number of piperidine rings is 1. The van der Waals surface area contributed by atoms with E-state index >= 15 is 0 Å². The van der Waals surface area contributed by atoms with E-state index in [1.807, 2.05) is 36.4 Å². The summed E-state index contributed by atoms with van der Waals surface area (Å²) in [6.45, 7) is 5.17. The van der Waals surface area contributed by atoms with Gasteiger partial charge in [-0.1, -0.05) is 23.7 Å². The van der Waals surface area contributed by atoms with Crippen LogP contribution in [0, 0.1) is 0 Å². The van der Waals surface area contributed by atoms with E-state index in [1.54, 1.807) is 11.2 Å². The van der Waals surface area contributed by atoms with Gasteiger partial charge >= 0.3 is 0 Å². The maximum absolute atomic E-state index is 6.25. The molecule has 2 N–H and O–H groups in total. The highest BCUT2D eigenvalue weighted by molar-refractivity contribution is 7.80. The number of likely N-dealkylation sites (tertiary alicyclic amines) is 1. The molecular weight excluding hydrogens is 354 g/mol. The van der Waals surface area contributed by atoms with Crippen LogP contribution in [0.25, 0.3) is 0 Å². The number of hydrogen-bond acceptors (Lipinski definition) is 2. The second-order valence-electron chi connectivity index (χ2n) is 6.47. The number of anilines is 1. The number of benzene rings is 1. The first-order chi connectivity index (χ1) is 12.2. The largest absolute Gasteiger partial charge is 0.467 e. The lowest BCUT2D eigenvalue weighted by Gasteiger charge is -2.29. The Morgan fingerprint density at radius 1 is 1.16 bits per heavy atom. The number of para-hydroxylation sites is 1. The molecule has 0 aliphatic carbocycles. The van der Waals surface area contributed by atoms with Gasteiger partial charge in [-0.25, -0.2) is 0 Å². The third-order valence-electron chi connectivity index (χ3n) is 4.63. The van der Waals surface area contributed by atoms with Crippen LogP contribution < -0.4 is 10.2 Å². The molecule has 1 saturated heterocycles.